The van der Waals surface area contributed by atoms with Gasteiger partial charge in [-0.25, -0.2) is 14.3 Å². The summed E-state index contributed by atoms with van der Waals surface area (Å²) in [6, 6.07) is -0.698. The average molecular weight is 256 g/mol. The SMILES string of the molecule is CCOC(=O)C(CC)n1nnc(C(=O)OC)c1N. The van der Waals surface area contributed by atoms with E-state index < -0.39 is 18.0 Å². The van der Waals surface area contributed by atoms with E-state index in [1.807, 2.05) is 0 Å². The van der Waals surface area contributed by atoms with Gasteiger partial charge in [-0.15, -0.1) is 5.10 Å². The molecule has 0 amide bonds. The van der Waals surface area contributed by atoms with Crippen LogP contribution in [0.25, 0.3) is 0 Å². The highest BCUT2D eigenvalue weighted by atomic mass is 16.5. The van der Waals surface area contributed by atoms with Crippen LogP contribution in [0.2, 0.25) is 0 Å². The Kier molecular flexibility index (Phi) is 4.64. The molecule has 0 spiro atoms. The number of nitrogens with two attached hydrogens (primary N) is 1. The molecule has 8 heteroatoms. The molecule has 0 aromatic carbocycles. The molecule has 8 nitrogen and oxygen atoms in total. The fourth-order valence-corrected chi connectivity index (χ4v) is 1.45. The van der Waals surface area contributed by atoms with Gasteiger partial charge in [-0.2, -0.15) is 0 Å². The number of hydrogen-bond donors (Lipinski definition) is 1. The summed E-state index contributed by atoms with van der Waals surface area (Å²) in [5.74, 6) is -1.17. The topological polar surface area (TPSA) is 109 Å². The number of nitrogen functional groups attached to an aromatic ring is 1. The summed E-state index contributed by atoms with van der Waals surface area (Å²) >= 11 is 0. The highest BCUT2D eigenvalue weighted by Gasteiger charge is 2.27. The van der Waals surface area contributed by atoms with E-state index in [1.165, 1.54) is 11.8 Å². The zero-order chi connectivity index (χ0) is 13.7. The summed E-state index contributed by atoms with van der Waals surface area (Å²) in [4.78, 5) is 23.0. The predicted molar refractivity (Wildman–Crippen MR) is 61.7 cm³/mol. The zero-order valence-corrected chi connectivity index (χ0v) is 10.5. The van der Waals surface area contributed by atoms with Gasteiger partial charge in [-0.3, -0.25) is 0 Å². The number of rotatable bonds is 5. The molecule has 18 heavy (non-hydrogen) atoms. The maximum Gasteiger partial charge on any atom is 0.362 e. The molecule has 1 heterocycles. The van der Waals surface area contributed by atoms with Crippen LogP contribution in [0.4, 0.5) is 5.82 Å². The third-order valence-electron chi connectivity index (χ3n) is 2.35. The largest absolute Gasteiger partial charge is 0.464 e. The van der Waals surface area contributed by atoms with Gasteiger partial charge in [0.1, 0.15) is 0 Å². The van der Waals surface area contributed by atoms with Crippen molar-refractivity contribution < 1.29 is 19.1 Å². The molecule has 0 bridgehead atoms. The standard InChI is InChI=1S/C10H16N4O4/c1-4-6(9(15)18-5-2)14-8(11)7(12-13-14)10(16)17-3/h6H,4-5,11H2,1-3H3. The lowest BCUT2D eigenvalue weighted by Gasteiger charge is -2.14. The van der Waals surface area contributed by atoms with Gasteiger partial charge in [-0.1, -0.05) is 12.1 Å². The summed E-state index contributed by atoms with van der Waals surface area (Å²) in [5, 5.41) is 7.30. The van der Waals surface area contributed by atoms with Crippen LogP contribution in [-0.4, -0.2) is 40.6 Å². The summed E-state index contributed by atoms with van der Waals surface area (Å²) in [5.41, 5.74) is 5.61. The number of methoxy groups -OCH3 is 1. The highest BCUT2D eigenvalue weighted by molar-refractivity contribution is 5.92. The van der Waals surface area contributed by atoms with Crippen LogP contribution in [0.3, 0.4) is 0 Å². The maximum absolute atomic E-state index is 11.7. The molecule has 0 aliphatic heterocycles. The second kappa shape index (κ2) is 5.99. The van der Waals surface area contributed by atoms with Crippen molar-refractivity contribution in [3.05, 3.63) is 5.69 Å². The maximum atomic E-state index is 11.7. The van der Waals surface area contributed by atoms with Gasteiger partial charge in [0, 0.05) is 0 Å². The number of ether oxygens (including phenoxy) is 2. The van der Waals surface area contributed by atoms with Gasteiger partial charge < -0.3 is 15.2 Å². The fourth-order valence-electron chi connectivity index (χ4n) is 1.45. The Morgan fingerprint density at radius 2 is 2.11 bits per heavy atom. The number of hydrogen-bond acceptors (Lipinski definition) is 7. The molecule has 1 rings (SSSR count). The number of esters is 2. The Labute approximate surface area is 104 Å². The number of nitrogens with zero attached hydrogens (tertiary/aromatic N) is 3. The summed E-state index contributed by atoms with van der Waals surface area (Å²) < 4.78 is 10.6. The Morgan fingerprint density at radius 1 is 1.44 bits per heavy atom. The first-order valence-corrected chi connectivity index (χ1v) is 5.52. The first-order chi connectivity index (χ1) is 8.56. The van der Waals surface area contributed by atoms with Crippen LogP contribution in [-0.2, 0) is 14.3 Å². The van der Waals surface area contributed by atoms with E-state index in [0.717, 1.165) is 0 Å². The first-order valence-electron chi connectivity index (χ1n) is 5.52. The van der Waals surface area contributed by atoms with E-state index in [-0.39, 0.29) is 18.1 Å². The molecule has 0 saturated heterocycles. The Hall–Kier alpha value is -2.12. The number of aromatic nitrogens is 3. The minimum atomic E-state index is -0.698. The van der Waals surface area contributed by atoms with Crippen LogP contribution >= 0.6 is 0 Å². The number of carbonyl (C=O) groups is 2. The van der Waals surface area contributed by atoms with Crippen molar-refractivity contribution in [3.63, 3.8) is 0 Å². The molecule has 0 aliphatic carbocycles. The average Bonchev–Trinajstić information content (AvgIpc) is 2.72. The van der Waals surface area contributed by atoms with Crippen molar-refractivity contribution in [1.82, 2.24) is 15.0 Å². The third-order valence-corrected chi connectivity index (χ3v) is 2.35. The van der Waals surface area contributed by atoms with Crippen LogP contribution in [0.15, 0.2) is 0 Å². The van der Waals surface area contributed by atoms with Crippen molar-refractivity contribution in [1.29, 1.82) is 0 Å². The summed E-state index contributed by atoms with van der Waals surface area (Å²) in [7, 11) is 1.21. The van der Waals surface area contributed by atoms with E-state index >= 15 is 0 Å². The second-order valence-corrected chi connectivity index (χ2v) is 3.44. The third kappa shape index (κ3) is 2.58. The lowest BCUT2D eigenvalue weighted by Crippen LogP contribution is -2.24. The van der Waals surface area contributed by atoms with E-state index in [1.54, 1.807) is 13.8 Å². The van der Waals surface area contributed by atoms with E-state index in [9.17, 15) is 9.59 Å². The lowest BCUT2D eigenvalue weighted by atomic mass is 10.2. The Balaban J connectivity index is 3.04. The zero-order valence-electron chi connectivity index (χ0n) is 10.5. The molecule has 0 saturated carbocycles. The number of anilines is 1. The molecule has 0 radical (unpaired) electrons. The smallest absolute Gasteiger partial charge is 0.362 e. The molecule has 1 aromatic rings. The van der Waals surface area contributed by atoms with Crippen molar-refractivity contribution in [2.45, 2.75) is 26.3 Å². The molecule has 2 N–H and O–H groups in total. The lowest BCUT2D eigenvalue weighted by molar-refractivity contribution is -0.147. The highest BCUT2D eigenvalue weighted by Crippen LogP contribution is 2.19. The molecular formula is C10H16N4O4. The van der Waals surface area contributed by atoms with E-state index in [2.05, 4.69) is 15.0 Å². The Morgan fingerprint density at radius 3 is 2.61 bits per heavy atom. The molecular weight excluding hydrogens is 240 g/mol. The van der Waals surface area contributed by atoms with Crippen LogP contribution in [0.1, 0.15) is 36.8 Å². The Bertz CT molecular complexity index is 443. The normalized spacial score (nSPS) is 11.9. The quantitative estimate of drug-likeness (QED) is 0.747. The van der Waals surface area contributed by atoms with Crippen molar-refractivity contribution >= 4 is 17.8 Å². The second-order valence-electron chi connectivity index (χ2n) is 3.44. The predicted octanol–water partition coefficient (Wildman–Crippen LogP) is 0.161. The molecule has 1 aromatic heterocycles. The molecule has 1 atom stereocenters. The van der Waals surface area contributed by atoms with E-state index in [0.29, 0.717) is 6.42 Å². The minimum Gasteiger partial charge on any atom is -0.464 e. The van der Waals surface area contributed by atoms with Crippen molar-refractivity contribution in [2.75, 3.05) is 19.5 Å². The van der Waals surface area contributed by atoms with Gasteiger partial charge in [0.05, 0.1) is 13.7 Å². The molecule has 100 valence electrons. The monoisotopic (exact) mass is 256 g/mol. The van der Waals surface area contributed by atoms with Crippen LogP contribution < -0.4 is 5.73 Å². The first kappa shape index (κ1) is 13.9. The van der Waals surface area contributed by atoms with Gasteiger partial charge in [0.15, 0.2) is 11.9 Å². The van der Waals surface area contributed by atoms with Gasteiger partial charge >= 0.3 is 11.9 Å². The van der Waals surface area contributed by atoms with Gasteiger partial charge in [0.25, 0.3) is 0 Å². The van der Waals surface area contributed by atoms with Crippen molar-refractivity contribution in [2.24, 2.45) is 0 Å². The van der Waals surface area contributed by atoms with Crippen LogP contribution in [0.5, 0.6) is 0 Å². The summed E-state index contributed by atoms with van der Waals surface area (Å²) in [6.45, 7) is 3.74. The van der Waals surface area contributed by atoms with E-state index in [4.69, 9.17) is 10.5 Å². The molecule has 1 unspecified atom stereocenters. The minimum absolute atomic E-state index is 0.0123. The summed E-state index contributed by atoms with van der Waals surface area (Å²) in [6.07, 6.45) is 0.424. The van der Waals surface area contributed by atoms with Crippen LogP contribution in [0, 0.1) is 0 Å². The van der Waals surface area contributed by atoms with Gasteiger partial charge in [-0.05, 0) is 13.3 Å². The number of carbonyl (C=O) groups excluding carboxylic acids is 2. The molecule has 0 aliphatic rings. The molecule has 0 fully saturated rings. The van der Waals surface area contributed by atoms with Gasteiger partial charge in [0.2, 0.25) is 5.69 Å². The fraction of sp³-hybridized carbons (Fsp3) is 0.600. The van der Waals surface area contributed by atoms with Crippen molar-refractivity contribution in [3.8, 4) is 0 Å².